The molecule has 0 saturated carbocycles. The second-order valence-electron chi connectivity index (χ2n) is 4.92. The minimum Gasteiger partial charge on any atom is -0.467 e. The molecule has 0 bridgehead atoms. The molecule has 1 atom stereocenters. The average Bonchev–Trinajstić information content (AvgIpc) is 2.49. The molecule has 6 nitrogen and oxygen atoms in total. The van der Waals surface area contributed by atoms with Gasteiger partial charge in [0.15, 0.2) is 0 Å². The summed E-state index contributed by atoms with van der Waals surface area (Å²) >= 11 is 0. The lowest BCUT2D eigenvalue weighted by atomic mass is 10.1. The van der Waals surface area contributed by atoms with Crippen molar-refractivity contribution in [2.75, 3.05) is 37.0 Å². The largest absolute Gasteiger partial charge is 0.467 e. The Kier molecular flexibility index (Phi) is 7.04. The van der Waals surface area contributed by atoms with Gasteiger partial charge in [-0.3, -0.25) is 0 Å². The van der Waals surface area contributed by atoms with Gasteiger partial charge in [-0.25, -0.2) is 0 Å². The van der Waals surface area contributed by atoms with Gasteiger partial charge in [0.25, 0.3) is 0 Å². The average molecular weight is 281 g/mol. The van der Waals surface area contributed by atoms with Gasteiger partial charge in [0.1, 0.15) is 0 Å². The van der Waals surface area contributed by atoms with Crippen LogP contribution in [0.5, 0.6) is 6.01 Å². The fourth-order valence-corrected chi connectivity index (χ4v) is 1.75. The Labute approximate surface area is 122 Å². The Hall–Kier alpha value is -1.59. The van der Waals surface area contributed by atoms with Gasteiger partial charge in [0, 0.05) is 19.6 Å². The van der Waals surface area contributed by atoms with E-state index in [1.807, 2.05) is 0 Å². The van der Waals surface area contributed by atoms with Crippen LogP contribution in [0.25, 0.3) is 0 Å². The normalized spacial score (nSPS) is 12.1. The highest BCUT2D eigenvalue weighted by Gasteiger charge is 2.14. The molecule has 1 unspecified atom stereocenters. The summed E-state index contributed by atoms with van der Waals surface area (Å²) in [5.41, 5.74) is 0. The molecule has 0 aliphatic heterocycles. The Morgan fingerprint density at radius 1 is 1.20 bits per heavy atom. The van der Waals surface area contributed by atoms with E-state index in [9.17, 15) is 0 Å². The summed E-state index contributed by atoms with van der Waals surface area (Å²) in [7, 11) is 1.58. The van der Waals surface area contributed by atoms with Crippen molar-refractivity contribution in [1.82, 2.24) is 15.0 Å². The molecule has 0 spiro atoms. The number of nitrogens with zero attached hydrogens (tertiary/aromatic N) is 4. The number of anilines is 2. The summed E-state index contributed by atoms with van der Waals surface area (Å²) in [6.45, 7) is 11.3. The van der Waals surface area contributed by atoms with Crippen molar-refractivity contribution in [2.45, 2.75) is 40.5 Å². The summed E-state index contributed by atoms with van der Waals surface area (Å²) < 4.78 is 5.17. The molecule has 0 aliphatic carbocycles. The standard InChI is InChI=1S/C14H27N5O/c1-6-9-15-12-16-13(18-14(17-12)20-5)19(8-3)10-11(4)7-2/h11H,6-10H2,1-5H3,(H,15,16,17,18). The Balaban J connectivity index is 2.94. The van der Waals surface area contributed by atoms with E-state index in [1.54, 1.807) is 7.11 Å². The lowest BCUT2D eigenvalue weighted by molar-refractivity contribution is 0.378. The maximum Gasteiger partial charge on any atom is 0.322 e. The predicted molar refractivity (Wildman–Crippen MR) is 82.5 cm³/mol. The Bertz CT molecular complexity index is 399. The predicted octanol–water partition coefficient (Wildman–Crippen LogP) is 2.57. The first-order chi connectivity index (χ1) is 9.64. The number of hydrogen-bond donors (Lipinski definition) is 1. The molecule has 0 fully saturated rings. The summed E-state index contributed by atoms with van der Waals surface area (Å²) in [6.07, 6.45) is 2.16. The van der Waals surface area contributed by atoms with Crippen LogP contribution in [0.1, 0.15) is 40.5 Å². The minimum atomic E-state index is 0.358. The maximum atomic E-state index is 5.17. The molecular weight excluding hydrogens is 254 g/mol. The molecular formula is C14H27N5O. The first kappa shape index (κ1) is 16.5. The monoisotopic (exact) mass is 281 g/mol. The van der Waals surface area contributed by atoms with Crippen LogP contribution in [0.4, 0.5) is 11.9 Å². The third-order valence-corrected chi connectivity index (χ3v) is 3.21. The lowest BCUT2D eigenvalue weighted by Gasteiger charge is -2.24. The van der Waals surface area contributed by atoms with Crippen molar-refractivity contribution in [2.24, 2.45) is 5.92 Å². The van der Waals surface area contributed by atoms with E-state index in [4.69, 9.17) is 4.74 Å². The van der Waals surface area contributed by atoms with Crippen LogP contribution in [-0.4, -0.2) is 41.7 Å². The molecule has 0 radical (unpaired) electrons. The van der Waals surface area contributed by atoms with Gasteiger partial charge in [-0.15, -0.1) is 0 Å². The number of rotatable bonds is 9. The highest BCUT2D eigenvalue weighted by molar-refractivity contribution is 5.38. The smallest absolute Gasteiger partial charge is 0.322 e. The van der Waals surface area contributed by atoms with Gasteiger partial charge in [0.05, 0.1) is 7.11 Å². The van der Waals surface area contributed by atoms with Crippen molar-refractivity contribution in [1.29, 1.82) is 0 Å². The zero-order valence-corrected chi connectivity index (χ0v) is 13.3. The number of nitrogens with one attached hydrogen (secondary N) is 1. The second kappa shape index (κ2) is 8.55. The van der Waals surface area contributed by atoms with Crippen molar-refractivity contribution in [3.05, 3.63) is 0 Å². The quantitative estimate of drug-likeness (QED) is 0.750. The van der Waals surface area contributed by atoms with Crippen molar-refractivity contribution >= 4 is 11.9 Å². The maximum absolute atomic E-state index is 5.17. The lowest BCUT2D eigenvalue weighted by Crippen LogP contribution is -2.30. The molecule has 1 N–H and O–H groups in total. The van der Waals surface area contributed by atoms with Crippen LogP contribution >= 0.6 is 0 Å². The molecule has 0 aliphatic rings. The molecule has 1 heterocycles. The van der Waals surface area contributed by atoms with Gasteiger partial charge in [0.2, 0.25) is 11.9 Å². The number of methoxy groups -OCH3 is 1. The first-order valence-corrected chi connectivity index (χ1v) is 7.43. The van der Waals surface area contributed by atoms with Gasteiger partial charge in [-0.2, -0.15) is 15.0 Å². The van der Waals surface area contributed by atoms with Crippen LogP contribution in [0.2, 0.25) is 0 Å². The second-order valence-corrected chi connectivity index (χ2v) is 4.92. The van der Waals surface area contributed by atoms with Crippen LogP contribution in [-0.2, 0) is 0 Å². The van der Waals surface area contributed by atoms with E-state index in [0.29, 0.717) is 23.8 Å². The molecule has 0 saturated heterocycles. The van der Waals surface area contributed by atoms with Crippen LogP contribution < -0.4 is 15.0 Å². The van der Waals surface area contributed by atoms with Gasteiger partial charge in [-0.1, -0.05) is 27.2 Å². The van der Waals surface area contributed by atoms with Crippen LogP contribution in [0.3, 0.4) is 0 Å². The molecule has 0 amide bonds. The molecule has 1 aromatic heterocycles. The highest BCUT2D eigenvalue weighted by Crippen LogP contribution is 2.16. The van der Waals surface area contributed by atoms with Gasteiger partial charge in [-0.05, 0) is 19.3 Å². The van der Waals surface area contributed by atoms with E-state index in [1.165, 1.54) is 0 Å². The van der Waals surface area contributed by atoms with Crippen LogP contribution in [0, 0.1) is 5.92 Å². The summed E-state index contributed by atoms with van der Waals surface area (Å²) in [5, 5.41) is 3.19. The fraction of sp³-hybridized carbons (Fsp3) is 0.786. The summed E-state index contributed by atoms with van der Waals surface area (Å²) in [4.78, 5) is 15.2. The molecule has 0 aromatic carbocycles. The SMILES string of the molecule is CCCNc1nc(OC)nc(N(CC)CC(C)CC)n1. The third kappa shape index (κ3) is 4.83. The topological polar surface area (TPSA) is 63.2 Å². The summed E-state index contributed by atoms with van der Waals surface area (Å²) in [5.74, 6) is 1.86. The molecule has 6 heteroatoms. The van der Waals surface area contributed by atoms with Gasteiger partial charge >= 0.3 is 6.01 Å². The number of aromatic nitrogens is 3. The van der Waals surface area contributed by atoms with Crippen molar-refractivity contribution in [3.8, 4) is 6.01 Å². The van der Waals surface area contributed by atoms with E-state index < -0.39 is 0 Å². The zero-order chi connectivity index (χ0) is 15.0. The molecule has 114 valence electrons. The zero-order valence-electron chi connectivity index (χ0n) is 13.3. The van der Waals surface area contributed by atoms with Crippen molar-refractivity contribution < 1.29 is 4.74 Å². The first-order valence-electron chi connectivity index (χ1n) is 7.43. The summed E-state index contributed by atoms with van der Waals surface area (Å²) in [6, 6.07) is 0.358. The van der Waals surface area contributed by atoms with Crippen LogP contribution in [0.15, 0.2) is 0 Å². The molecule has 1 rings (SSSR count). The van der Waals surface area contributed by atoms with E-state index in [2.05, 4.69) is 52.9 Å². The van der Waals surface area contributed by atoms with Gasteiger partial charge < -0.3 is 15.0 Å². The van der Waals surface area contributed by atoms with E-state index in [0.717, 1.165) is 32.5 Å². The minimum absolute atomic E-state index is 0.358. The Morgan fingerprint density at radius 2 is 1.95 bits per heavy atom. The number of hydrogen-bond acceptors (Lipinski definition) is 6. The fourth-order valence-electron chi connectivity index (χ4n) is 1.75. The van der Waals surface area contributed by atoms with Crippen molar-refractivity contribution in [3.63, 3.8) is 0 Å². The molecule has 20 heavy (non-hydrogen) atoms. The van der Waals surface area contributed by atoms with E-state index in [-0.39, 0.29) is 0 Å². The number of ether oxygens (including phenoxy) is 1. The third-order valence-electron chi connectivity index (χ3n) is 3.21. The van der Waals surface area contributed by atoms with E-state index >= 15 is 0 Å². The Morgan fingerprint density at radius 3 is 2.50 bits per heavy atom. The molecule has 1 aromatic rings. The highest BCUT2D eigenvalue weighted by atomic mass is 16.5.